The summed E-state index contributed by atoms with van der Waals surface area (Å²) in [7, 11) is 0. The second-order valence-electron chi connectivity index (χ2n) is 6.45. The molecule has 1 rings (SSSR count). The van der Waals surface area contributed by atoms with Gasteiger partial charge in [-0.25, -0.2) is 4.79 Å². The second-order valence-corrected chi connectivity index (χ2v) is 6.45. The molecule has 0 spiro atoms. The minimum absolute atomic E-state index is 0.148. The number of ether oxygens (including phenoxy) is 1. The Morgan fingerprint density at radius 2 is 1.83 bits per heavy atom. The molecule has 1 fully saturated rings. The fourth-order valence-corrected chi connectivity index (χ4v) is 1.92. The van der Waals surface area contributed by atoms with Crippen molar-refractivity contribution >= 4 is 11.9 Å². The van der Waals surface area contributed by atoms with E-state index in [1.165, 1.54) is 0 Å². The van der Waals surface area contributed by atoms with Gasteiger partial charge in [-0.3, -0.25) is 4.79 Å². The van der Waals surface area contributed by atoms with Crippen LogP contribution in [-0.2, 0) is 9.53 Å². The summed E-state index contributed by atoms with van der Waals surface area (Å²) in [4.78, 5) is 25.3. The van der Waals surface area contributed by atoms with Crippen LogP contribution < -0.4 is 0 Å². The zero-order chi connectivity index (χ0) is 14.1. The predicted octanol–water partition coefficient (Wildman–Crippen LogP) is 2.78. The molecule has 0 bridgehead atoms. The highest BCUT2D eigenvalue weighted by Gasteiger charge is 2.47. The van der Waals surface area contributed by atoms with Crippen LogP contribution in [-0.4, -0.2) is 35.5 Å². The maximum Gasteiger partial charge on any atom is 0.410 e. The van der Waals surface area contributed by atoms with Gasteiger partial charge >= 0.3 is 6.09 Å². The molecule has 0 aromatic carbocycles. The third kappa shape index (κ3) is 3.59. The molecular formula is C14H23NO3. The molecule has 18 heavy (non-hydrogen) atoms. The molecule has 0 aromatic rings. The number of carbonyl (C=O) groups excluding carboxylic acids is 2. The molecule has 1 aliphatic heterocycles. The number of amides is 1. The Bertz CT molecular complexity index is 373. The lowest BCUT2D eigenvalue weighted by Crippen LogP contribution is -2.61. The van der Waals surface area contributed by atoms with Crippen molar-refractivity contribution in [1.82, 2.24) is 4.90 Å². The van der Waals surface area contributed by atoms with Crippen molar-refractivity contribution < 1.29 is 14.3 Å². The topological polar surface area (TPSA) is 46.6 Å². The Labute approximate surface area is 109 Å². The molecule has 1 heterocycles. The van der Waals surface area contributed by atoms with Gasteiger partial charge in [0.1, 0.15) is 11.4 Å². The number of hydrogen-bond donors (Lipinski definition) is 0. The lowest BCUT2D eigenvalue weighted by Gasteiger charge is -2.46. The standard InChI is InChI=1S/C14H23NO3/c1-10(2)7-11(16)14(6)8-15(9-14)12(17)18-13(3,4)5/h1,7-9H2,2-6H3. The summed E-state index contributed by atoms with van der Waals surface area (Å²) in [6, 6.07) is 0. The molecule has 1 saturated heterocycles. The Morgan fingerprint density at radius 1 is 1.33 bits per heavy atom. The van der Waals surface area contributed by atoms with Gasteiger partial charge in [0.25, 0.3) is 0 Å². The summed E-state index contributed by atoms with van der Waals surface area (Å²) in [5.41, 5.74) is -0.0716. The lowest BCUT2D eigenvalue weighted by atomic mass is 9.76. The van der Waals surface area contributed by atoms with E-state index >= 15 is 0 Å². The Hall–Kier alpha value is -1.32. The zero-order valence-corrected chi connectivity index (χ0v) is 12.0. The van der Waals surface area contributed by atoms with Gasteiger partial charge in [0.05, 0.1) is 5.41 Å². The molecule has 102 valence electrons. The summed E-state index contributed by atoms with van der Waals surface area (Å²) in [5.74, 6) is 0.148. The number of Topliss-reactive ketones (excluding diaryl/α,β-unsaturated/α-hetero) is 1. The summed E-state index contributed by atoms with van der Waals surface area (Å²) in [5, 5.41) is 0. The number of allylic oxidation sites excluding steroid dienone is 1. The number of likely N-dealkylation sites (tertiary alicyclic amines) is 1. The highest BCUT2D eigenvalue weighted by atomic mass is 16.6. The molecule has 4 nitrogen and oxygen atoms in total. The summed E-state index contributed by atoms with van der Waals surface area (Å²) < 4.78 is 5.25. The van der Waals surface area contributed by atoms with E-state index in [0.29, 0.717) is 19.5 Å². The van der Waals surface area contributed by atoms with E-state index in [-0.39, 0.29) is 11.9 Å². The third-order valence-electron chi connectivity index (χ3n) is 2.87. The average Bonchev–Trinajstić information content (AvgIpc) is 2.08. The van der Waals surface area contributed by atoms with Crippen molar-refractivity contribution in [2.45, 2.75) is 46.6 Å². The Balaban J connectivity index is 2.50. The molecule has 4 heteroatoms. The Morgan fingerprint density at radius 3 is 2.22 bits per heavy atom. The van der Waals surface area contributed by atoms with Crippen molar-refractivity contribution in [1.29, 1.82) is 0 Å². The van der Waals surface area contributed by atoms with Crippen LogP contribution in [0.1, 0.15) is 41.0 Å². The van der Waals surface area contributed by atoms with Crippen LogP contribution in [0.3, 0.4) is 0 Å². The zero-order valence-electron chi connectivity index (χ0n) is 12.0. The maximum absolute atomic E-state index is 12.0. The number of carbonyl (C=O) groups is 2. The first-order valence-corrected chi connectivity index (χ1v) is 6.19. The van der Waals surface area contributed by atoms with E-state index in [1.54, 1.807) is 4.90 Å². The molecule has 0 unspecified atom stereocenters. The van der Waals surface area contributed by atoms with Crippen molar-refractivity contribution in [3.63, 3.8) is 0 Å². The van der Waals surface area contributed by atoms with E-state index in [2.05, 4.69) is 6.58 Å². The molecule has 1 aliphatic rings. The van der Waals surface area contributed by atoms with Crippen molar-refractivity contribution in [3.8, 4) is 0 Å². The van der Waals surface area contributed by atoms with Gasteiger partial charge in [-0.15, -0.1) is 0 Å². The number of hydrogen-bond acceptors (Lipinski definition) is 3. The third-order valence-corrected chi connectivity index (χ3v) is 2.87. The van der Waals surface area contributed by atoms with Gasteiger partial charge in [-0.1, -0.05) is 12.2 Å². The monoisotopic (exact) mass is 253 g/mol. The lowest BCUT2D eigenvalue weighted by molar-refractivity contribution is -0.135. The first-order valence-electron chi connectivity index (χ1n) is 6.19. The van der Waals surface area contributed by atoms with E-state index in [4.69, 9.17) is 4.74 Å². The molecule has 0 aromatic heterocycles. The van der Waals surface area contributed by atoms with Crippen molar-refractivity contribution in [2.75, 3.05) is 13.1 Å². The number of nitrogens with zero attached hydrogens (tertiary/aromatic N) is 1. The van der Waals surface area contributed by atoms with E-state index < -0.39 is 11.0 Å². The smallest absolute Gasteiger partial charge is 0.410 e. The largest absolute Gasteiger partial charge is 0.444 e. The molecule has 0 saturated carbocycles. The molecule has 0 atom stereocenters. The summed E-state index contributed by atoms with van der Waals surface area (Å²) in [6.07, 6.45) is 0.0432. The van der Waals surface area contributed by atoms with E-state index in [1.807, 2.05) is 34.6 Å². The number of rotatable bonds is 3. The molecule has 0 radical (unpaired) electrons. The highest BCUT2D eigenvalue weighted by molar-refractivity contribution is 5.89. The predicted molar refractivity (Wildman–Crippen MR) is 70.4 cm³/mol. The van der Waals surface area contributed by atoms with Crippen molar-refractivity contribution in [2.24, 2.45) is 5.41 Å². The normalized spacial score (nSPS) is 17.9. The minimum Gasteiger partial charge on any atom is -0.444 e. The first kappa shape index (κ1) is 14.7. The van der Waals surface area contributed by atoms with Crippen molar-refractivity contribution in [3.05, 3.63) is 12.2 Å². The fourth-order valence-electron chi connectivity index (χ4n) is 1.92. The van der Waals surface area contributed by atoms with Gasteiger partial charge in [0.2, 0.25) is 0 Å². The fraction of sp³-hybridized carbons (Fsp3) is 0.714. The van der Waals surface area contributed by atoms with Crippen LogP contribution in [0, 0.1) is 5.41 Å². The first-order chi connectivity index (χ1) is 8.03. The molecule has 0 N–H and O–H groups in total. The van der Waals surface area contributed by atoms with Crippen LogP contribution in [0.4, 0.5) is 4.79 Å². The van der Waals surface area contributed by atoms with Crippen LogP contribution in [0.15, 0.2) is 12.2 Å². The summed E-state index contributed by atoms with van der Waals surface area (Å²) >= 11 is 0. The molecule has 0 aliphatic carbocycles. The molecule has 1 amide bonds. The van der Waals surface area contributed by atoms with Crippen LogP contribution >= 0.6 is 0 Å². The summed E-state index contributed by atoms with van der Waals surface area (Å²) in [6.45, 7) is 13.8. The highest BCUT2D eigenvalue weighted by Crippen LogP contribution is 2.33. The quantitative estimate of drug-likeness (QED) is 0.727. The van der Waals surface area contributed by atoms with Crippen LogP contribution in [0.2, 0.25) is 0 Å². The second kappa shape index (κ2) is 4.75. The van der Waals surface area contributed by atoms with Gasteiger partial charge < -0.3 is 9.64 Å². The van der Waals surface area contributed by atoms with Gasteiger partial charge in [0.15, 0.2) is 0 Å². The van der Waals surface area contributed by atoms with Gasteiger partial charge in [-0.2, -0.15) is 0 Å². The number of ketones is 1. The molecular weight excluding hydrogens is 230 g/mol. The minimum atomic E-state index is -0.495. The van der Waals surface area contributed by atoms with Gasteiger partial charge in [0, 0.05) is 19.5 Å². The van der Waals surface area contributed by atoms with Crippen LogP contribution in [0.25, 0.3) is 0 Å². The average molecular weight is 253 g/mol. The van der Waals surface area contributed by atoms with E-state index in [0.717, 1.165) is 5.57 Å². The van der Waals surface area contributed by atoms with E-state index in [9.17, 15) is 9.59 Å². The van der Waals surface area contributed by atoms with Crippen LogP contribution in [0.5, 0.6) is 0 Å². The SMILES string of the molecule is C=C(C)CC(=O)C1(C)CN(C(=O)OC(C)(C)C)C1. The van der Waals surface area contributed by atoms with Gasteiger partial charge in [-0.05, 0) is 34.6 Å². The maximum atomic E-state index is 12.0. The Kier molecular flexibility index (Phi) is 3.89.